The highest BCUT2D eigenvalue weighted by atomic mass is 16.2. The van der Waals surface area contributed by atoms with Crippen molar-refractivity contribution < 1.29 is 9.59 Å². The molecule has 0 radical (unpaired) electrons. The number of hydrogen-bond acceptors (Lipinski definition) is 4. The zero-order chi connectivity index (χ0) is 18.9. The molecule has 3 aromatic carbocycles. The van der Waals surface area contributed by atoms with Gasteiger partial charge in [-0.05, 0) is 24.3 Å². The number of para-hydroxylation sites is 2. The van der Waals surface area contributed by atoms with Crippen LogP contribution >= 0.6 is 0 Å². The summed E-state index contributed by atoms with van der Waals surface area (Å²) in [5.74, 6) is -0.596. The number of carbonyl (C=O) groups excluding carboxylic acids is 2. The van der Waals surface area contributed by atoms with Crippen LogP contribution in [0.5, 0.6) is 0 Å². The van der Waals surface area contributed by atoms with E-state index in [1.54, 1.807) is 36.4 Å². The van der Waals surface area contributed by atoms with Gasteiger partial charge in [-0.25, -0.2) is 0 Å². The first-order valence-electron chi connectivity index (χ1n) is 8.54. The lowest BCUT2D eigenvalue weighted by molar-refractivity contribution is -0.115. The van der Waals surface area contributed by atoms with Crippen LogP contribution in [0.2, 0.25) is 0 Å². The van der Waals surface area contributed by atoms with Crippen LogP contribution in [0.25, 0.3) is 0 Å². The van der Waals surface area contributed by atoms with Gasteiger partial charge in [0.25, 0.3) is 0 Å². The molecular formula is C22H19N3O2. The van der Waals surface area contributed by atoms with E-state index in [1.807, 2.05) is 54.6 Å². The molecule has 0 bridgehead atoms. The van der Waals surface area contributed by atoms with E-state index >= 15 is 0 Å². The number of hydrazone groups is 1. The molecule has 0 aromatic heterocycles. The van der Waals surface area contributed by atoms with Gasteiger partial charge in [-0.15, -0.1) is 0 Å². The normalized spacial score (nSPS) is 10.9. The van der Waals surface area contributed by atoms with Gasteiger partial charge >= 0.3 is 0 Å². The molecule has 0 unspecified atom stereocenters. The molecule has 0 atom stereocenters. The lowest BCUT2D eigenvalue weighted by Crippen LogP contribution is -2.23. The lowest BCUT2D eigenvalue weighted by atomic mass is 10.0. The standard InChI is InChI=1S/C22H19N3O2/c26-21(23-18-12-6-2-7-13-18)16-20(22(27)17-10-4-1-5-11-17)25-24-19-14-8-3-9-15-19/h1-15,24H,16H2,(H,23,26)/b25-20-. The van der Waals surface area contributed by atoms with E-state index in [-0.39, 0.29) is 23.8 Å². The molecule has 134 valence electrons. The van der Waals surface area contributed by atoms with Crippen molar-refractivity contribution in [3.63, 3.8) is 0 Å². The van der Waals surface area contributed by atoms with Gasteiger partial charge in [0.2, 0.25) is 11.7 Å². The fraction of sp³-hybridized carbons (Fsp3) is 0.0455. The Morgan fingerprint density at radius 3 is 1.81 bits per heavy atom. The first-order valence-corrected chi connectivity index (χ1v) is 8.54. The molecule has 2 N–H and O–H groups in total. The number of benzene rings is 3. The molecule has 0 aliphatic carbocycles. The fourth-order valence-corrected chi connectivity index (χ4v) is 2.45. The van der Waals surface area contributed by atoms with Crippen LogP contribution in [0, 0.1) is 0 Å². The Labute approximate surface area is 157 Å². The number of carbonyl (C=O) groups is 2. The summed E-state index contributed by atoms with van der Waals surface area (Å²) in [6.07, 6.45) is -0.136. The van der Waals surface area contributed by atoms with Crippen LogP contribution in [0.4, 0.5) is 11.4 Å². The number of rotatable bonds is 7. The molecule has 0 aliphatic rings. The maximum Gasteiger partial charge on any atom is 0.230 e. The molecule has 5 nitrogen and oxygen atoms in total. The van der Waals surface area contributed by atoms with Crippen molar-refractivity contribution in [2.45, 2.75) is 6.42 Å². The molecule has 1 amide bonds. The average Bonchev–Trinajstić information content (AvgIpc) is 2.72. The molecule has 3 aromatic rings. The van der Waals surface area contributed by atoms with Crippen molar-refractivity contribution in [1.82, 2.24) is 0 Å². The Balaban J connectivity index is 1.78. The van der Waals surface area contributed by atoms with Crippen molar-refractivity contribution in [3.8, 4) is 0 Å². The summed E-state index contributed by atoms with van der Waals surface area (Å²) in [6, 6.07) is 27.2. The Hall–Kier alpha value is -3.73. The summed E-state index contributed by atoms with van der Waals surface area (Å²) in [6.45, 7) is 0. The minimum atomic E-state index is -0.306. The summed E-state index contributed by atoms with van der Waals surface area (Å²) in [7, 11) is 0. The summed E-state index contributed by atoms with van der Waals surface area (Å²) < 4.78 is 0. The van der Waals surface area contributed by atoms with Gasteiger partial charge in [0.1, 0.15) is 5.71 Å². The Morgan fingerprint density at radius 2 is 1.22 bits per heavy atom. The van der Waals surface area contributed by atoms with E-state index in [0.29, 0.717) is 11.3 Å². The molecule has 0 aliphatic heterocycles. The first kappa shape index (κ1) is 18.1. The zero-order valence-electron chi connectivity index (χ0n) is 14.6. The topological polar surface area (TPSA) is 70.6 Å². The molecule has 27 heavy (non-hydrogen) atoms. The number of hydrogen-bond donors (Lipinski definition) is 2. The average molecular weight is 357 g/mol. The third-order valence-corrected chi connectivity index (χ3v) is 3.78. The SMILES string of the molecule is O=C(C/C(=N/Nc1ccccc1)C(=O)c1ccccc1)Nc1ccccc1. The Bertz CT molecular complexity index is 924. The van der Waals surface area contributed by atoms with Crippen LogP contribution < -0.4 is 10.7 Å². The summed E-state index contributed by atoms with van der Waals surface area (Å²) >= 11 is 0. The summed E-state index contributed by atoms with van der Waals surface area (Å²) in [5, 5.41) is 6.99. The molecule has 0 saturated heterocycles. The van der Waals surface area contributed by atoms with Gasteiger partial charge in [-0.3, -0.25) is 15.0 Å². The van der Waals surface area contributed by atoms with Gasteiger partial charge in [-0.1, -0.05) is 66.7 Å². The highest BCUT2D eigenvalue weighted by molar-refractivity contribution is 6.48. The monoisotopic (exact) mass is 357 g/mol. The van der Waals surface area contributed by atoms with Crippen molar-refractivity contribution in [1.29, 1.82) is 0 Å². The van der Waals surface area contributed by atoms with Crippen LogP contribution in [-0.4, -0.2) is 17.4 Å². The van der Waals surface area contributed by atoms with Gasteiger partial charge in [0.05, 0.1) is 12.1 Å². The largest absolute Gasteiger partial charge is 0.326 e. The van der Waals surface area contributed by atoms with E-state index in [2.05, 4.69) is 15.8 Å². The third-order valence-electron chi connectivity index (χ3n) is 3.78. The lowest BCUT2D eigenvalue weighted by Gasteiger charge is -2.08. The second kappa shape index (κ2) is 9.10. The fourth-order valence-electron chi connectivity index (χ4n) is 2.45. The second-order valence-electron chi connectivity index (χ2n) is 5.82. The van der Waals surface area contributed by atoms with E-state index in [4.69, 9.17) is 0 Å². The molecule has 0 heterocycles. The molecule has 0 fully saturated rings. The molecule has 0 spiro atoms. The van der Waals surface area contributed by atoms with Gasteiger partial charge in [0, 0.05) is 11.3 Å². The van der Waals surface area contributed by atoms with Crippen molar-refractivity contribution in [2.24, 2.45) is 5.10 Å². The predicted molar refractivity (Wildman–Crippen MR) is 108 cm³/mol. The highest BCUT2D eigenvalue weighted by Gasteiger charge is 2.18. The van der Waals surface area contributed by atoms with E-state index in [9.17, 15) is 9.59 Å². The molecular weight excluding hydrogens is 338 g/mol. The van der Waals surface area contributed by atoms with E-state index in [0.717, 1.165) is 5.69 Å². The molecule has 3 rings (SSSR count). The van der Waals surface area contributed by atoms with Crippen LogP contribution in [0.15, 0.2) is 96.1 Å². The number of Topliss-reactive ketones (excluding diaryl/α,β-unsaturated/α-hetero) is 1. The molecule has 0 saturated carbocycles. The first-order chi connectivity index (χ1) is 13.2. The van der Waals surface area contributed by atoms with Crippen molar-refractivity contribution in [2.75, 3.05) is 10.7 Å². The maximum atomic E-state index is 12.8. The van der Waals surface area contributed by atoms with Crippen LogP contribution in [0.3, 0.4) is 0 Å². The predicted octanol–water partition coefficient (Wildman–Crippen LogP) is 4.37. The maximum absolute atomic E-state index is 12.8. The molecule has 5 heteroatoms. The number of anilines is 2. The van der Waals surface area contributed by atoms with E-state index < -0.39 is 0 Å². The van der Waals surface area contributed by atoms with Crippen molar-refractivity contribution in [3.05, 3.63) is 96.6 Å². The Kier molecular flexibility index (Phi) is 6.09. The number of ketones is 1. The quantitative estimate of drug-likeness (QED) is 0.375. The van der Waals surface area contributed by atoms with Crippen LogP contribution in [0.1, 0.15) is 16.8 Å². The van der Waals surface area contributed by atoms with Crippen LogP contribution in [-0.2, 0) is 4.79 Å². The zero-order valence-corrected chi connectivity index (χ0v) is 14.6. The van der Waals surface area contributed by atoms with E-state index in [1.165, 1.54) is 0 Å². The number of nitrogens with one attached hydrogen (secondary N) is 2. The summed E-state index contributed by atoms with van der Waals surface area (Å²) in [4.78, 5) is 25.2. The second-order valence-corrected chi connectivity index (χ2v) is 5.82. The van der Waals surface area contributed by atoms with Gasteiger partial charge in [-0.2, -0.15) is 5.10 Å². The Morgan fingerprint density at radius 1 is 0.704 bits per heavy atom. The van der Waals surface area contributed by atoms with Gasteiger partial charge in [0.15, 0.2) is 0 Å². The minimum absolute atomic E-state index is 0.136. The third kappa shape index (κ3) is 5.37. The van der Waals surface area contributed by atoms with Crippen molar-refractivity contribution >= 4 is 28.8 Å². The van der Waals surface area contributed by atoms with Gasteiger partial charge < -0.3 is 5.32 Å². The minimum Gasteiger partial charge on any atom is -0.326 e. The highest BCUT2D eigenvalue weighted by Crippen LogP contribution is 2.10. The summed E-state index contributed by atoms with van der Waals surface area (Å²) in [5.41, 5.74) is 4.88. The number of nitrogens with zero attached hydrogens (tertiary/aromatic N) is 1. The smallest absolute Gasteiger partial charge is 0.230 e. The number of amides is 1.